The Morgan fingerprint density at radius 2 is 2.40 bits per heavy atom. The van der Waals surface area contributed by atoms with E-state index >= 15 is 0 Å². The normalized spacial score (nSPS) is 20.0. The lowest BCUT2D eigenvalue weighted by atomic mass is 10.1. The van der Waals surface area contributed by atoms with Crippen LogP contribution < -0.4 is 5.32 Å². The van der Waals surface area contributed by atoms with Gasteiger partial charge in [0, 0.05) is 30.7 Å². The van der Waals surface area contributed by atoms with Crippen LogP contribution in [0.25, 0.3) is 0 Å². The number of aromatic carboxylic acids is 1. The molecule has 6 heteroatoms. The molecule has 0 saturated carbocycles. The van der Waals surface area contributed by atoms with Crippen LogP contribution in [0.3, 0.4) is 0 Å². The average Bonchev–Trinajstić information content (AvgIpc) is 2.40. The van der Waals surface area contributed by atoms with Crippen LogP contribution in [0.2, 0.25) is 0 Å². The molecule has 2 N–H and O–H groups in total. The Morgan fingerprint density at radius 1 is 1.60 bits per heavy atom. The highest BCUT2D eigenvalue weighted by atomic mass is 79.9. The van der Waals surface area contributed by atoms with Gasteiger partial charge in [-0.15, -0.1) is 0 Å². The lowest BCUT2D eigenvalue weighted by Gasteiger charge is -2.30. The summed E-state index contributed by atoms with van der Waals surface area (Å²) < 4.78 is 6.49. The second kappa shape index (κ2) is 7.17. The van der Waals surface area contributed by atoms with E-state index in [0.717, 1.165) is 36.3 Å². The lowest BCUT2D eigenvalue weighted by molar-refractivity contribution is -0.0182. The summed E-state index contributed by atoms with van der Waals surface area (Å²) in [6.45, 7) is 4.17. The fourth-order valence-corrected chi connectivity index (χ4v) is 2.70. The molecule has 1 unspecified atom stereocenters. The molecule has 1 aromatic carbocycles. The van der Waals surface area contributed by atoms with Gasteiger partial charge in [-0.25, -0.2) is 4.79 Å². The number of likely N-dealkylation sites (N-methyl/N-ethyl adjacent to an activating group) is 1. The van der Waals surface area contributed by atoms with Crippen LogP contribution in [0.5, 0.6) is 0 Å². The minimum absolute atomic E-state index is 0.214. The van der Waals surface area contributed by atoms with Crippen molar-refractivity contribution in [1.29, 1.82) is 0 Å². The molecule has 1 heterocycles. The number of benzene rings is 1. The van der Waals surface area contributed by atoms with Crippen molar-refractivity contribution < 1.29 is 14.6 Å². The van der Waals surface area contributed by atoms with Crippen LogP contribution in [-0.2, 0) is 11.3 Å². The topological polar surface area (TPSA) is 61.8 Å². The number of carbonyl (C=O) groups is 1. The first-order valence-corrected chi connectivity index (χ1v) is 7.38. The fraction of sp³-hybridized carbons (Fsp3) is 0.500. The predicted molar refractivity (Wildman–Crippen MR) is 80.0 cm³/mol. The van der Waals surface area contributed by atoms with Crippen molar-refractivity contribution in [1.82, 2.24) is 10.2 Å². The quantitative estimate of drug-likeness (QED) is 0.850. The second-order valence-corrected chi connectivity index (χ2v) is 5.85. The van der Waals surface area contributed by atoms with Crippen LogP contribution >= 0.6 is 15.9 Å². The highest BCUT2D eigenvalue weighted by molar-refractivity contribution is 9.10. The van der Waals surface area contributed by atoms with Crippen LogP contribution in [-0.4, -0.2) is 55.4 Å². The highest BCUT2D eigenvalue weighted by Gasteiger charge is 2.17. The molecule has 1 atom stereocenters. The Balaban J connectivity index is 1.83. The van der Waals surface area contributed by atoms with Crippen molar-refractivity contribution in [2.24, 2.45) is 0 Å². The minimum atomic E-state index is -0.913. The number of nitrogens with zero attached hydrogens (tertiary/aromatic N) is 1. The number of hydrogen-bond donors (Lipinski definition) is 2. The standard InChI is InChI=1S/C14H19BrN2O3/c1-17-4-5-20-12(9-17)8-16-7-11-3-2-10(14(18)19)6-13(11)15/h2-3,6,12,16H,4-5,7-9H2,1H3,(H,18,19). The summed E-state index contributed by atoms with van der Waals surface area (Å²) in [6, 6.07) is 5.08. The van der Waals surface area contributed by atoms with Gasteiger partial charge >= 0.3 is 5.97 Å². The first-order chi connectivity index (χ1) is 9.56. The number of halogens is 1. The maximum Gasteiger partial charge on any atom is 0.335 e. The first kappa shape index (κ1) is 15.4. The van der Waals surface area contributed by atoms with E-state index in [2.05, 4.69) is 33.2 Å². The Labute approximate surface area is 127 Å². The molecular formula is C14H19BrN2O3. The van der Waals surface area contributed by atoms with Crippen LogP contribution in [0.4, 0.5) is 0 Å². The van der Waals surface area contributed by atoms with Crippen LogP contribution in [0.1, 0.15) is 15.9 Å². The van der Waals surface area contributed by atoms with Gasteiger partial charge < -0.3 is 20.1 Å². The summed E-state index contributed by atoms with van der Waals surface area (Å²) in [5, 5.41) is 12.3. The largest absolute Gasteiger partial charge is 0.478 e. The van der Waals surface area contributed by atoms with Crippen LogP contribution in [0.15, 0.2) is 22.7 Å². The number of rotatable bonds is 5. The van der Waals surface area contributed by atoms with E-state index in [0.29, 0.717) is 6.54 Å². The molecule has 2 rings (SSSR count). The maximum atomic E-state index is 10.9. The Hall–Kier alpha value is -0.950. The van der Waals surface area contributed by atoms with Gasteiger partial charge in [0.2, 0.25) is 0 Å². The summed E-state index contributed by atoms with van der Waals surface area (Å²) in [6.07, 6.45) is 0.214. The van der Waals surface area contributed by atoms with E-state index in [1.165, 1.54) is 0 Å². The number of nitrogens with one attached hydrogen (secondary N) is 1. The number of ether oxygens (including phenoxy) is 1. The van der Waals surface area contributed by atoms with Gasteiger partial charge in [0.25, 0.3) is 0 Å². The SMILES string of the molecule is CN1CCOC(CNCc2ccc(C(=O)O)cc2Br)C1. The predicted octanol–water partition coefficient (Wildman–Crippen LogP) is 1.57. The van der Waals surface area contributed by atoms with Gasteiger partial charge in [0.05, 0.1) is 18.3 Å². The molecule has 0 amide bonds. The first-order valence-electron chi connectivity index (χ1n) is 6.59. The van der Waals surface area contributed by atoms with Gasteiger partial charge in [-0.2, -0.15) is 0 Å². The molecule has 1 saturated heterocycles. The monoisotopic (exact) mass is 342 g/mol. The average molecular weight is 343 g/mol. The molecular weight excluding hydrogens is 324 g/mol. The van der Waals surface area contributed by atoms with Crippen molar-refractivity contribution in [3.8, 4) is 0 Å². The maximum absolute atomic E-state index is 10.9. The zero-order valence-electron chi connectivity index (χ0n) is 11.4. The molecule has 1 aromatic rings. The molecule has 5 nitrogen and oxygen atoms in total. The third-order valence-corrected chi connectivity index (χ3v) is 4.07. The zero-order valence-corrected chi connectivity index (χ0v) is 13.0. The van der Waals surface area contributed by atoms with Crippen molar-refractivity contribution in [2.45, 2.75) is 12.6 Å². The number of carboxylic acid groups (broad SMARTS) is 1. The van der Waals surface area contributed by atoms with Gasteiger partial charge in [0.1, 0.15) is 0 Å². The lowest BCUT2D eigenvalue weighted by Crippen LogP contribution is -2.44. The molecule has 0 bridgehead atoms. The second-order valence-electron chi connectivity index (χ2n) is 5.00. The number of hydrogen-bond acceptors (Lipinski definition) is 4. The Bertz CT molecular complexity index is 481. The van der Waals surface area contributed by atoms with E-state index in [9.17, 15) is 4.79 Å². The third kappa shape index (κ3) is 4.28. The van der Waals surface area contributed by atoms with Gasteiger partial charge in [-0.05, 0) is 24.7 Å². The van der Waals surface area contributed by atoms with Crippen molar-refractivity contribution in [3.63, 3.8) is 0 Å². The van der Waals surface area contributed by atoms with Gasteiger partial charge in [-0.3, -0.25) is 0 Å². The molecule has 1 aliphatic rings. The summed E-state index contributed by atoms with van der Waals surface area (Å²) in [4.78, 5) is 13.1. The molecule has 0 radical (unpaired) electrons. The summed E-state index contributed by atoms with van der Waals surface area (Å²) in [7, 11) is 2.09. The Morgan fingerprint density at radius 3 is 3.05 bits per heavy atom. The van der Waals surface area contributed by atoms with E-state index in [4.69, 9.17) is 9.84 Å². The number of morpholine rings is 1. The van der Waals surface area contributed by atoms with Crippen molar-refractivity contribution >= 4 is 21.9 Å². The third-order valence-electron chi connectivity index (χ3n) is 3.33. The summed E-state index contributed by atoms with van der Waals surface area (Å²) in [5.41, 5.74) is 1.33. The van der Waals surface area contributed by atoms with Crippen LogP contribution in [0, 0.1) is 0 Å². The smallest absolute Gasteiger partial charge is 0.335 e. The van der Waals surface area contributed by atoms with Gasteiger partial charge in [0.15, 0.2) is 0 Å². The molecule has 1 aliphatic heterocycles. The Kier molecular flexibility index (Phi) is 5.54. The molecule has 20 heavy (non-hydrogen) atoms. The number of carboxylic acids is 1. The summed E-state index contributed by atoms with van der Waals surface area (Å²) in [5.74, 6) is -0.913. The van der Waals surface area contributed by atoms with Crippen molar-refractivity contribution in [3.05, 3.63) is 33.8 Å². The van der Waals surface area contributed by atoms with Gasteiger partial charge in [-0.1, -0.05) is 22.0 Å². The fourth-order valence-electron chi connectivity index (χ4n) is 2.18. The van der Waals surface area contributed by atoms with E-state index in [1.807, 2.05) is 6.07 Å². The van der Waals surface area contributed by atoms with E-state index < -0.39 is 5.97 Å². The van der Waals surface area contributed by atoms with Crippen molar-refractivity contribution in [2.75, 3.05) is 33.3 Å². The molecule has 0 aromatic heterocycles. The summed E-state index contributed by atoms with van der Waals surface area (Å²) >= 11 is 3.41. The highest BCUT2D eigenvalue weighted by Crippen LogP contribution is 2.18. The molecule has 110 valence electrons. The van der Waals surface area contributed by atoms with E-state index in [1.54, 1.807) is 12.1 Å². The minimum Gasteiger partial charge on any atom is -0.478 e. The van der Waals surface area contributed by atoms with E-state index in [-0.39, 0.29) is 11.7 Å². The molecule has 0 aliphatic carbocycles. The zero-order chi connectivity index (χ0) is 14.5. The molecule has 0 spiro atoms. The molecule has 1 fully saturated rings.